The Balaban J connectivity index is 1.79. The Kier molecular flexibility index (Phi) is 5.54. The quantitative estimate of drug-likeness (QED) is 0.731. The van der Waals surface area contributed by atoms with Gasteiger partial charge in [-0.25, -0.2) is 0 Å². The molecule has 0 spiro atoms. The van der Waals surface area contributed by atoms with Crippen molar-refractivity contribution in [2.45, 2.75) is 19.4 Å². The van der Waals surface area contributed by atoms with Crippen molar-refractivity contribution in [1.82, 2.24) is 9.88 Å². The van der Waals surface area contributed by atoms with E-state index in [-0.39, 0.29) is 6.54 Å². The highest BCUT2D eigenvalue weighted by molar-refractivity contribution is 6.39. The summed E-state index contributed by atoms with van der Waals surface area (Å²) in [7, 11) is 1.84. The molecule has 0 radical (unpaired) electrons. The fourth-order valence-electron chi connectivity index (χ4n) is 2.26. The number of hydrogen-bond acceptors (Lipinski definition) is 3. The first-order chi connectivity index (χ1) is 11.0. The Labute approximate surface area is 135 Å². The lowest BCUT2D eigenvalue weighted by Crippen LogP contribution is -2.36. The van der Waals surface area contributed by atoms with Crippen LogP contribution in [-0.4, -0.2) is 28.0 Å². The van der Waals surface area contributed by atoms with Crippen LogP contribution in [0.25, 0.3) is 0 Å². The van der Waals surface area contributed by atoms with E-state index in [0.29, 0.717) is 12.1 Å². The molecule has 23 heavy (non-hydrogen) atoms. The van der Waals surface area contributed by atoms with Crippen molar-refractivity contribution in [1.29, 1.82) is 0 Å². The van der Waals surface area contributed by atoms with Gasteiger partial charge in [-0.1, -0.05) is 18.2 Å². The molecule has 2 rings (SSSR count). The van der Waals surface area contributed by atoms with Crippen LogP contribution in [0.15, 0.2) is 42.6 Å². The van der Waals surface area contributed by atoms with Gasteiger partial charge in [0.2, 0.25) is 0 Å². The fourth-order valence-corrected chi connectivity index (χ4v) is 2.26. The number of anilines is 1. The minimum atomic E-state index is -0.715. The first kappa shape index (κ1) is 16.8. The predicted molar refractivity (Wildman–Crippen MR) is 87.8 cm³/mol. The number of aryl methyl sites for hydroxylation is 2. The van der Waals surface area contributed by atoms with Crippen LogP contribution in [0.5, 0.6) is 0 Å². The van der Waals surface area contributed by atoms with Crippen LogP contribution in [0.2, 0.25) is 0 Å². The number of aromatic nitrogens is 1. The standard InChI is InChI=1S/C17H21N3O3/c1-12-6-3-4-7-13(12)19-17(23)16(22)18-10-9-15(21)14-8-5-11-20(14)2/h3-8,11,15,21H,9-10H2,1-2H3,(H,18,22)(H,19,23). The van der Waals surface area contributed by atoms with Crippen LogP contribution in [0.3, 0.4) is 0 Å². The molecule has 0 fully saturated rings. The molecule has 6 nitrogen and oxygen atoms in total. The van der Waals surface area contributed by atoms with Crippen molar-refractivity contribution in [3.8, 4) is 0 Å². The normalized spacial score (nSPS) is 11.8. The minimum Gasteiger partial charge on any atom is -0.387 e. The highest BCUT2D eigenvalue weighted by Crippen LogP contribution is 2.15. The smallest absolute Gasteiger partial charge is 0.313 e. The first-order valence-electron chi connectivity index (χ1n) is 7.43. The van der Waals surface area contributed by atoms with Crippen molar-refractivity contribution in [2.24, 2.45) is 7.05 Å². The number of benzene rings is 1. The summed E-state index contributed by atoms with van der Waals surface area (Å²) in [4.78, 5) is 23.6. The lowest BCUT2D eigenvalue weighted by atomic mass is 10.2. The fraction of sp³-hybridized carbons (Fsp3) is 0.294. The van der Waals surface area contributed by atoms with Crippen LogP contribution in [0, 0.1) is 6.92 Å². The monoisotopic (exact) mass is 315 g/mol. The molecule has 0 bridgehead atoms. The summed E-state index contributed by atoms with van der Waals surface area (Å²) in [6, 6.07) is 10.9. The Hall–Kier alpha value is -2.60. The molecule has 0 saturated heterocycles. The number of nitrogens with zero attached hydrogens (tertiary/aromatic N) is 1. The number of aliphatic hydroxyl groups excluding tert-OH is 1. The Morgan fingerprint density at radius 2 is 1.91 bits per heavy atom. The second kappa shape index (κ2) is 7.60. The zero-order valence-corrected chi connectivity index (χ0v) is 13.2. The van der Waals surface area contributed by atoms with Gasteiger partial charge in [-0.2, -0.15) is 0 Å². The summed E-state index contributed by atoms with van der Waals surface area (Å²) in [6.07, 6.45) is 1.49. The average molecular weight is 315 g/mol. The lowest BCUT2D eigenvalue weighted by molar-refractivity contribution is -0.136. The van der Waals surface area contributed by atoms with Gasteiger partial charge in [-0.15, -0.1) is 0 Å². The minimum absolute atomic E-state index is 0.215. The van der Waals surface area contributed by atoms with E-state index in [0.717, 1.165) is 11.3 Å². The van der Waals surface area contributed by atoms with Crippen molar-refractivity contribution in [3.05, 3.63) is 53.9 Å². The van der Waals surface area contributed by atoms with Gasteiger partial charge in [0.25, 0.3) is 0 Å². The maximum Gasteiger partial charge on any atom is 0.313 e. The molecule has 1 unspecified atom stereocenters. The summed E-state index contributed by atoms with van der Waals surface area (Å²) in [5, 5.41) is 15.1. The van der Waals surface area contributed by atoms with E-state index < -0.39 is 17.9 Å². The Morgan fingerprint density at radius 3 is 2.57 bits per heavy atom. The average Bonchev–Trinajstić information content (AvgIpc) is 2.95. The van der Waals surface area contributed by atoms with Crippen molar-refractivity contribution in [2.75, 3.05) is 11.9 Å². The molecule has 122 valence electrons. The van der Waals surface area contributed by atoms with Gasteiger partial charge in [-0.05, 0) is 37.1 Å². The SMILES string of the molecule is Cc1ccccc1NC(=O)C(=O)NCCC(O)c1cccn1C. The van der Waals surface area contributed by atoms with E-state index in [9.17, 15) is 14.7 Å². The second-order valence-corrected chi connectivity index (χ2v) is 5.37. The zero-order chi connectivity index (χ0) is 16.8. The van der Waals surface area contributed by atoms with Gasteiger partial charge in [0.15, 0.2) is 0 Å². The van der Waals surface area contributed by atoms with E-state index in [1.165, 1.54) is 0 Å². The molecular weight excluding hydrogens is 294 g/mol. The van der Waals surface area contributed by atoms with Gasteiger partial charge >= 0.3 is 11.8 Å². The van der Waals surface area contributed by atoms with Crippen LogP contribution in [0.4, 0.5) is 5.69 Å². The number of para-hydroxylation sites is 1. The molecule has 1 atom stereocenters. The molecule has 2 aromatic rings. The maximum atomic E-state index is 11.8. The highest BCUT2D eigenvalue weighted by Gasteiger charge is 2.15. The second-order valence-electron chi connectivity index (χ2n) is 5.37. The summed E-state index contributed by atoms with van der Waals surface area (Å²) in [5.41, 5.74) is 2.26. The third-order valence-corrected chi connectivity index (χ3v) is 3.63. The molecule has 2 amide bonds. The number of nitrogens with one attached hydrogen (secondary N) is 2. The molecule has 1 aromatic carbocycles. The van der Waals surface area contributed by atoms with Gasteiger partial charge in [0.1, 0.15) is 0 Å². The number of carbonyl (C=O) groups excluding carboxylic acids is 2. The number of rotatable bonds is 5. The number of carbonyl (C=O) groups is 2. The molecule has 0 aliphatic rings. The summed E-state index contributed by atoms with van der Waals surface area (Å²) in [6.45, 7) is 2.07. The van der Waals surface area contributed by atoms with Gasteiger partial charge < -0.3 is 20.3 Å². The Bertz CT molecular complexity index is 694. The van der Waals surface area contributed by atoms with Gasteiger partial charge in [0, 0.05) is 31.2 Å². The largest absolute Gasteiger partial charge is 0.387 e. The predicted octanol–water partition coefficient (Wildman–Crippen LogP) is 1.51. The number of hydrogen-bond donors (Lipinski definition) is 3. The number of aliphatic hydroxyl groups is 1. The lowest BCUT2D eigenvalue weighted by Gasteiger charge is -2.13. The van der Waals surface area contributed by atoms with Crippen molar-refractivity contribution >= 4 is 17.5 Å². The molecule has 3 N–H and O–H groups in total. The molecule has 6 heteroatoms. The summed E-state index contributed by atoms with van der Waals surface area (Å²) >= 11 is 0. The van der Waals surface area contributed by atoms with E-state index in [1.807, 2.05) is 49.0 Å². The van der Waals surface area contributed by atoms with E-state index in [2.05, 4.69) is 10.6 Å². The molecule has 1 heterocycles. The maximum absolute atomic E-state index is 11.8. The van der Waals surface area contributed by atoms with Crippen molar-refractivity contribution < 1.29 is 14.7 Å². The van der Waals surface area contributed by atoms with Crippen LogP contribution < -0.4 is 10.6 Å². The third kappa shape index (κ3) is 4.43. The molecule has 0 saturated carbocycles. The van der Waals surface area contributed by atoms with E-state index in [1.54, 1.807) is 12.1 Å². The molecule has 1 aromatic heterocycles. The number of amides is 2. The van der Waals surface area contributed by atoms with Crippen LogP contribution >= 0.6 is 0 Å². The first-order valence-corrected chi connectivity index (χ1v) is 7.43. The third-order valence-electron chi connectivity index (χ3n) is 3.63. The zero-order valence-electron chi connectivity index (χ0n) is 13.2. The summed E-state index contributed by atoms with van der Waals surface area (Å²) < 4.78 is 1.82. The topological polar surface area (TPSA) is 83.4 Å². The van der Waals surface area contributed by atoms with Crippen molar-refractivity contribution in [3.63, 3.8) is 0 Å². The van der Waals surface area contributed by atoms with Gasteiger partial charge in [0.05, 0.1) is 6.10 Å². The van der Waals surface area contributed by atoms with E-state index in [4.69, 9.17) is 0 Å². The van der Waals surface area contributed by atoms with Crippen LogP contribution in [0.1, 0.15) is 23.8 Å². The van der Waals surface area contributed by atoms with Gasteiger partial charge in [-0.3, -0.25) is 9.59 Å². The summed E-state index contributed by atoms with van der Waals surface area (Å²) in [5.74, 6) is -1.43. The molecule has 0 aliphatic carbocycles. The Morgan fingerprint density at radius 1 is 1.17 bits per heavy atom. The van der Waals surface area contributed by atoms with E-state index >= 15 is 0 Å². The highest BCUT2D eigenvalue weighted by atomic mass is 16.3. The molecular formula is C17H21N3O3. The molecule has 0 aliphatic heterocycles. The van der Waals surface area contributed by atoms with Crippen LogP contribution in [-0.2, 0) is 16.6 Å².